The molecule has 0 saturated heterocycles. The van der Waals surface area contributed by atoms with Gasteiger partial charge in [0.25, 0.3) is 0 Å². The van der Waals surface area contributed by atoms with Crippen LogP contribution in [0.25, 0.3) is 0 Å². The van der Waals surface area contributed by atoms with Crippen molar-refractivity contribution < 1.29 is 19.6 Å². The van der Waals surface area contributed by atoms with Crippen molar-refractivity contribution in [1.29, 1.82) is 5.26 Å². The summed E-state index contributed by atoms with van der Waals surface area (Å²) in [5.74, 6) is -1.19. The lowest BCUT2D eigenvalue weighted by molar-refractivity contribution is -0.744. The minimum Gasteiger partial charge on any atom is -0.503 e. The maximum absolute atomic E-state index is 12.3. The van der Waals surface area contributed by atoms with Crippen molar-refractivity contribution in [3.05, 3.63) is 105 Å². The van der Waals surface area contributed by atoms with Gasteiger partial charge in [-0.05, 0) is 23.8 Å². The number of nitrogens with zero attached hydrogens (tertiary/aromatic N) is 2. The average molecular weight is 538 g/mol. The summed E-state index contributed by atoms with van der Waals surface area (Å²) in [7, 11) is 0. The molecule has 0 saturated carbocycles. The van der Waals surface area contributed by atoms with Crippen molar-refractivity contribution >= 4 is 33.6 Å². The number of aliphatic hydroxyl groups is 1. The Morgan fingerprint density at radius 2 is 1.88 bits per heavy atom. The minimum absolute atomic E-state index is 0.0175. The number of nitrogens with one attached hydrogen (secondary N) is 1. The normalized spacial score (nSPS) is 22.0. The molecule has 0 fully saturated rings. The lowest BCUT2D eigenvalue weighted by Crippen LogP contribution is -2.62. The standard InChI is InChI=1S/C25H21BrN4O3S/c26-18-10-8-17(9-11-18)25(33)23(30-12-4-7-19(31)14-30)22(16-5-2-1-3-6-16)20(13-27)24(29-25)34-15-21(28)32/h1-12,14,22-23,29,33H,15H2,(H2-,28,31,32)/p+1. The third-order valence-electron chi connectivity index (χ3n) is 5.65. The Hall–Kier alpha value is -3.32. The van der Waals surface area contributed by atoms with E-state index >= 15 is 0 Å². The molecule has 0 aliphatic carbocycles. The number of thioether (sulfide) groups is 1. The summed E-state index contributed by atoms with van der Waals surface area (Å²) in [5, 5.41) is 36.3. The van der Waals surface area contributed by atoms with E-state index in [1.165, 1.54) is 12.3 Å². The topological polar surface area (TPSA) is 123 Å². The number of nitrogens with two attached hydrogens (primary N) is 1. The van der Waals surface area contributed by atoms with Gasteiger partial charge in [-0.15, -0.1) is 0 Å². The predicted molar refractivity (Wildman–Crippen MR) is 132 cm³/mol. The summed E-state index contributed by atoms with van der Waals surface area (Å²) in [6, 6.07) is 21.3. The van der Waals surface area contributed by atoms with E-state index in [1.807, 2.05) is 42.5 Å². The molecule has 172 valence electrons. The van der Waals surface area contributed by atoms with Crippen LogP contribution in [0.15, 0.2) is 94.2 Å². The Morgan fingerprint density at radius 3 is 2.50 bits per heavy atom. The number of carbonyl (C=O) groups excluding carboxylic acids is 1. The molecule has 2 aromatic carbocycles. The molecule has 5 N–H and O–H groups in total. The molecule has 2 heterocycles. The van der Waals surface area contributed by atoms with Crippen LogP contribution in [-0.2, 0) is 10.5 Å². The minimum atomic E-state index is -1.71. The van der Waals surface area contributed by atoms with Gasteiger partial charge in [-0.25, -0.2) is 0 Å². The lowest BCUT2D eigenvalue weighted by Gasteiger charge is -2.42. The van der Waals surface area contributed by atoms with Gasteiger partial charge in [-0.1, -0.05) is 70.2 Å². The number of primary amides is 1. The summed E-state index contributed by atoms with van der Waals surface area (Å²) in [4.78, 5) is 11.5. The quantitative estimate of drug-likeness (QED) is 0.358. The lowest BCUT2D eigenvalue weighted by atomic mass is 9.75. The number of benzene rings is 2. The highest BCUT2D eigenvalue weighted by Gasteiger charge is 2.56. The summed E-state index contributed by atoms with van der Waals surface area (Å²) in [6.45, 7) is 0. The van der Waals surface area contributed by atoms with E-state index in [4.69, 9.17) is 5.73 Å². The van der Waals surface area contributed by atoms with Crippen LogP contribution < -0.4 is 15.6 Å². The van der Waals surface area contributed by atoms with Crippen LogP contribution in [0.3, 0.4) is 0 Å². The first-order valence-corrected chi connectivity index (χ1v) is 12.2. The fourth-order valence-electron chi connectivity index (χ4n) is 4.23. The van der Waals surface area contributed by atoms with E-state index < -0.39 is 23.6 Å². The van der Waals surface area contributed by atoms with Crippen molar-refractivity contribution in [1.82, 2.24) is 5.32 Å². The molecule has 3 aromatic rings. The van der Waals surface area contributed by atoms with Gasteiger partial charge < -0.3 is 21.3 Å². The van der Waals surface area contributed by atoms with E-state index in [9.17, 15) is 20.3 Å². The zero-order chi connectivity index (χ0) is 24.3. The number of rotatable bonds is 6. The predicted octanol–water partition coefficient (Wildman–Crippen LogP) is 3.17. The average Bonchev–Trinajstić information content (AvgIpc) is 2.83. The number of halogens is 1. The second-order valence-electron chi connectivity index (χ2n) is 7.85. The Bertz CT molecular complexity index is 1280. The molecule has 3 unspecified atom stereocenters. The van der Waals surface area contributed by atoms with E-state index in [0.29, 0.717) is 16.2 Å². The zero-order valence-corrected chi connectivity index (χ0v) is 20.3. The van der Waals surface area contributed by atoms with Crippen molar-refractivity contribution in [2.24, 2.45) is 5.73 Å². The van der Waals surface area contributed by atoms with Gasteiger partial charge in [0, 0.05) is 16.1 Å². The van der Waals surface area contributed by atoms with Gasteiger partial charge in [0.2, 0.25) is 23.9 Å². The molecule has 1 aliphatic heterocycles. The second-order valence-corrected chi connectivity index (χ2v) is 9.75. The zero-order valence-electron chi connectivity index (χ0n) is 17.9. The summed E-state index contributed by atoms with van der Waals surface area (Å²) >= 11 is 4.51. The first kappa shape index (κ1) is 23.8. The molecule has 0 spiro atoms. The molecule has 1 aromatic heterocycles. The Kier molecular flexibility index (Phi) is 6.93. The maximum Gasteiger partial charge on any atom is 0.227 e. The Labute approximate surface area is 209 Å². The fourth-order valence-corrected chi connectivity index (χ4v) is 5.34. The second kappa shape index (κ2) is 9.89. The number of allylic oxidation sites excluding steroid dienone is 1. The number of aromatic nitrogens is 1. The van der Waals surface area contributed by atoms with Gasteiger partial charge in [-0.2, -0.15) is 9.83 Å². The van der Waals surface area contributed by atoms with Gasteiger partial charge in [0.05, 0.1) is 28.3 Å². The molecule has 1 amide bonds. The molecule has 1 aliphatic rings. The third-order valence-corrected chi connectivity index (χ3v) is 7.22. The van der Waals surface area contributed by atoms with Crippen molar-refractivity contribution in [3.8, 4) is 11.8 Å². The monoisotopic (exact) mass is 537 g/mol. The van der Waals surface area contributed by atoms with Gasteiger partial charge in [0.1, 0.15) is 0 Å². The van der Waals surface area contributed by atoms with Crippen molar-refractivity contribution in [2.75, 3.05) is 5.75 Å². The summed E-state index contributed by atoms with van der Waals surface area (Å²) in [6.07, 6.45) is 3.25. The molecule has 3 atom stereocenters. The molecular weight excluding hydrogens is 516 g/mol. The smallest absolute Gasteiger partial charge is 0.227 e. The van der Waals surface area contributed by atoms with Gasteiger partial charge in [-0.3, -0.25) is 4.79 Å². The van der Waals surface area contributed by atoms with Crippen LogP contribution >= 0.6 is 27.7 Å². The number of pyridine rings is 1. The molecule has 34 heavy (non-hydrogen) atoms. The fraction of sp³-hybridized carbons (Fsp3) is 0.160. The summed E-state index contributed by atoms with van der Waals surface area (Å²) < 4.78 is 2.54. The number of nitriles is 1. The highest BCUT2D eigenvalue weighted by atomic mass is 79.9. The molecule has 0 bridgehead atoms. The molecule has 9 heteroatoms. The number of hydrogen-bond acceptors (Lipinski definition) is 6. The first-order chi connectivity index (χ1) is 16.3. The Morgan fingerprint density at radius 1 is 1.18 bits per heavy atom. The van der Waals surface area contributed by atoms with Crippen LogP contribution in [0.1, 0.15) is 23.1 Å². The van der Waals surface area contributed by atoms with E-state index in [-0.39, 0.29) is 11.5 Å². The first-order valence-electron chi connectivity index (χ1n) is 10.4. The van der Waals surface area contributed by atoms with Crippen molar-refractivity contribution in [3.63, 3.8) is 0 Å². The maximum atomic E-state index is 12.3. The molecular formula is C25H22BrN4O3S+. The molecule has 7 nitrogen and oxygen atoms in total. The largest absolute Gasteiger partial charge is 0.503 e. The van der Waals surface area contributed by atoms with E-state index in [0.717, 1.165) is 21.8 Å². The van der Waals surface area contributed by atoms with Crippen LogP contribution in [0.4, 0.5) is 0 Å². The van der Waals surface area contributed by atoms with Crippen LogP contribution in [0, 0.1) is 11.3 Å². The number of aromatic hydroxyl groups is 1. The number of carbonyl (C=O) groups is 1. The SMILES string of the molecule is N#CC1=C(SCC(N)=O)NC(O)(c2ccc(Br)cc2)C([n+]2cccc(O)c2)C1c1ccccc1. The number of amides is 1. The van der Waals surface area contributed by atoms with E-state index in [1.54, 1.807) is 29.0 Å². The van der Waals surface area contributed by atoms with Crippen LogP contribution in [-0.4, -0.2) is 21.9 Å². The summed E-state index contributed by atoms with van der Waals surface area (Å²) in [5.41, 5.74) is 5.38. The highest BCUT2D eigenvalue weighted by molar-refractivity contribution is 9.10. The van der Waals surface area contributed by atoms with Gasteiger partial charge in [0.15, 0.2) is 11.9 Å². The number of hydrogen-bond donors (Lipinski definition) is 4. The van der Waals surface area contributed by atoms with Crippen molar-refractivity contribution in [2.45, 2.75) is 17.7 Å². The highest BCUT2D eigenvalue weighted by Crippen LogP contribution is 2.48. The van der Waals surface area contributed by atoms with E-state index in [2.05, 4.69) is 27.3 Å². The Balaban J connectivity index is 2.01. The van der Waals surface area contributed by atoms with Crippen LogP contribution in [0.5, 0.6) is 5.75 Å². The third kappa shape index (κ3) is 4.66. The van der Waals surface area contributed by atoms with Gasteiger partial charge >= 0.3 is 0 Å². The molecule has 0 radical (unpaired) electrons. The molecule has 4 rings (SSSR count). The van der Waals surface area contributed by atoms with Crippen LogP contribution in [0.2, 0.25) is 0 Å².